The number of nitrogens with one attached hydrogen (secondary N) is 1. The summed E-state index contributed by atoms with van der Waals surface area (Å²) in [5, 5.41) is 3.09. The fourth-order valence-electron chi connectivity index (χ4n) is 4.64. The molecule has 2 aliphatic rings. The Balaban J connectivity index is 1.33. The molecule has 2 amide bonds. The van der Waals surface area contributed by atoms with Gasteiger partial charge >= 0.3 is 0 Å². The molecular weight excluding hydrogens is 452 g/mol. The summed E-state index contributed by atoms with van der Waals surface area (Å²) in [4.78, 5) is 28.4. The number of nitrogens with zero attached hydrogens (tertiary/aromatic N) is 3. The number of rotatable bonds is 6. The maximum absolute atomic E-state index is 13.0. The van der Waals surface area contributed by atoms with Crippen LogP contribution in [0.25, 0.3) is 0 Å². The number of piperazine rings is 1. The number of amides is 2. The van der Waals surface area contributed by atoms with Crippen LogP contribution in [0.15, 0.2) is 59.5 Å². The van der Waals surface area contributed by atoms with Crippen molar-refractivity contribution in [3.05, 3.63) is 65.7 Å². The predicted molar refractivity (Wildman–Crippen MR) is 130 cm³/mol. The zero-order chi connectivity index (χ0) is 24.3. The number of carbonyl (C=O) groups excluding carboxylic acids is 2. The largest absolute Gasteiger partial charge is 0.348 e. The third-order valence-corrected chi connectivity index (χ3v) is 8.74. The average molecular weight is 485 g/mol. The number of hydrogen-bond donors (Lipinski definition) is 1. The summed E-state index contributed by atoms with van der Waals surface area (Å²) in [6.45, 7) is 6.66. The Morgan fingerprint density at radius 3 is 2.21 bits per heavy atom. The minimum Gasteiger partial charge on any atom is -0.348 e. The lowest BCUT2D eigenvalue weighted by Crippen LogP contribution is -2.49. The Labute approximate surface area is 201 Å². The van der Waals surface area contributed by atoms with Gasteiger partial charge in [0.1, 0.15) is 0 Å². The maximum Gasteiger partial charge on any atom is 0.251 e. The van der Waals surface area contributed by atoms with Gasteiger partial charge in [-0.3, -0.25) is 14.5 Å². The molecule has 2 heterocycles. The van der Waals surface area contributed by atoms with Crippen molar-refractivity contribution in [2.45, 2.75) is 37.2 Å². The summed E-state index contributed by atoms with van der Waals surface area (Å²) in [7, 11) is -3.66. The molecule has 34 heavy (non-hydrogen) atoms. The standard InChI is InChI=1S/C25H32N4O4S/c1-19(21-6-4-3-5-7-21)28-13-12-23(18-28)26-25(31)22-8-10-24(11-9-22)34(32,33)29-16-14-27(15-17-29)20(2)30/h3-11,19,23H,12-18H2,1-2H3,(H,26,31). The fraction of sp³-hybridized carbons (Fsp3) is 0.440. The van der Waals surface area contributed by atoms with Gasteiger partial charge < -0.3 is 10.2 Å². The molecule has 182 valence electrons. The number of carbonyl (C=O) groups is 2. The summed E-state index contributed by atoms with van der Waals surface area (Å²) < 4.78 is 27.3. The molecule has 8 nitrogen and oxygen atoms in total. The summed E-state index contributed by atoms with van der Waals surface area (Å²) in [6, 6.07) is 16.8. The van der Waals surface area contributed by atoms with E-state index in [1.54, 1.807) is 17.0 Å². The molecular formula is C25H32N4O4S. The minimum atomic E-state index is -3.66. The zero-order valence-corrected chi connectivity index (χ0v) is 20.5. The van der Waals surface area contributed by atoms with Gasteiger partial charge in [-0.25, -0.2) is 8.42 Å². The van der Waals surface area contributed by atoms with E-state index in [2.05, 4.69) is 29.3 Å². The molecule has 0 aliphatic carbocycles. The van der Waals surface area contributed by atoms with Crippen molar-refractivity contribution in [1.29, 1.82) is 0 Å². The first-order valence-corrected chi connectivity index (χ1v) is 13.2. The Morgan fingerprint density at radius 2 is 1.59 bits per heavy atom. The van der Waals surface area contributed by atoms with E-state index in [9.17, 15) is 18.0 Å². The second kappa shape index (κ2) is 10.2. The summed E-state index contributed by atoms with van der Waals surface area (Å²) >= 11 is 0. The van der Waals surface area contributed by atoms with Crippen LogP contribution in [-0.4, -0.2) is 79.6 Å². The maximum atomic E-state index is 13.0. The molecule has 2 atom stereocenters. The van der Waals surface area contributed by atoms with Gasteiger partial charge in [0.2, 0.25) is 15.9 Å². The number of benzene rings is 2. The van der Waals surface area contributed by atoms with Gasteiger partial charge in [0.15, 0.2) is 0 Å². The van der Waals surface area contributed by atoms with E-state index in [4.69, 9.17) is 0 Å². The van der Waals surface area contributed by atoms with E-state index >= 15 is 0 Å². The monoisotopic (exact) mass is 484 g/mol. The third-order valence-electron chi connectivity index (χ3n) is 6.82. The lowest BCUT2D eigenvalue weighted by Gasteiger charge is -2.33. The smallest absolute Gasteiger partial charge is 0.251 e. The van der Waals surface area contributed by atoms with E-state index in [0.29, 0.717) is 18.7 Å². The first kappa shape index (κ1) is 24.4. The van der Waals surface area contributed by atoms with Crippen LogP contribution in [-0.2, 0) is 14.8 Å². The highest BCUT2D eigenvalue weighted by molar-refractivity contribution is 7.89. The van der Waals surface area contributed by atoms with Crippen LogP contribution in [0.1, 0.15) is 42.2 Å². The van der Waals surface area contributed by atoms with Gasteiger partial charge in [0.05, 0.1) is 4.90 Å². The molecule has 0 radical (unpaired) electrons. The van der Waals surface area contributed by atoms with Crippen molar-refractivity contribution in [2.24, 2.45) is 0 Å². The zero-order valence-electron chi connectivity index (χ0n) is 19.7. The molecule has 2 aromatic rings. The van der Waals surface area contributed by atoms with Crippen molar-refractivity contribution in [1.82, 2.24) is 19.4 Å². The van der Waals surface area contributed by atoms with Crippen LogP contribution in [0.2, 0.25) is 0 Å². The second-order valence-corrected chi connectivity index (χ2v) is 10.9. The molecule has 2 unspecified atom stereocenters. The van der Waals surface area contributed by atoms with Crippen LogP contribution in [0, 0.1) is 0 Å². The van der Waals surface area contributed by atoms with Crippen LogP contribution >= 0.6 is 0 Å². The molecule has 2 fully saturated rings. The first-order valence-electron chi connectivity index (χ1n) is 11.7. The van der Waals surface area contributed by atoms with Crippen molar-refractivity contribution in [3.63, 3.8) is 0 Å². The summed E-state index contributed by atoms with van der Waals surface area (Å²) in [6.07, 6.45) is 0.877. The normalized spacial score (nSPS) is 20.8. The fourth-order valence-corrected chi connectivity index (χ4v) is 6.06. The van der Waals surface area contributed by atoms with Gasteiger partial charge in [-0.2, -0.15) is 4.31 Å². The molecule has 4 rings (SSSR count). The van der Waals surface area contributed by atoms with Crippen LogP contribution in [0.4, 0.5) is 0 Å². The molecule has 9 heteroatoms. The molecule has 1 N–H and O–H groups in total. The Kier molecular flexibility index (Phi) is 7.35. The lowest BCUT2D eigenvalue weighted by molar-refractivity contribution is -0.129. The molecule has 2 aromatic carbocycles. The molecule has 0 aromatic heterocycles. The van der Waals surface area contributed by atoms with Gasteiger partial charge in [-0.15, -0.1) is 0 Å². The van der Waals surface area contributed by atoms with Crippen molar-refractivity contribution < 1.29 is 18.0 Å². The molecule has 2 saturated heterocycles. The Bertz CT molecular complexity index is 1110. The third kappa shape index (κ3) is 5.32. The number of sulfonamides is 1. The lowest BCUT2D eigenvalue weighted by atomic mass is 10.1. The topological polar surface area (TPSA) is 90.0 Å². The highest BCUT2D eigenvalue weighted by Crippen LogP contribution is 2.25. The SMILES string of the molecule is CC(=O)N1CCN(S(=O)(=O)c2ccc(C(=O)NC3CCN(C(C)c4ccccc4)C3)cc2)CC1. The Hall–Kier alpha value is -2.75. The Morgan fingerprint density at radius 1 is 0.941 bits per heavy atom. The highest BCUT2D eigenvalue weighted by atomic mass is 32.2. The van der Waals surface area contributed by atoms with E-state index in [0.717, 1.165) is 19.5 Å². The predicted octanol–water partition coefficient (Wildman–Crippen LogP) is 2.10. The number of likely N-dealkylation sites (tertiary alicyclic amines) is 1. The van der Waals surface area contributed by atoms with Crippen molar-refractivity contribution in [2.75, 3.05) is 39.3 Å². The van der Waals surface area contributed by atoms with Gasteiger partial charge in [-0.1, -0.05) is 30.3 Å². The van der Waals surface area contributed by atoms with Crippen molar-refractivity contribution in [3.8, 4) is 0 Å². The van der Waals surface area contributed by atoms with Crippen LogP contribution < -0.4 is 5.32 Å². The molecule has 0 saturated carbocycles. The minimum absolute atomic E-state index is 0.0488. The second-order valence-electron chi connectivity index (χ2n) is 8.98. The average Bonchev–Trinajstić information content (AvgIpc) is 3.32. The van der Waals surface area contributed by atoms with E-state index < -0.39 is 10.0 Å². The highest BCUT2D eigenvalue weighted by Gasteiger charge is 2.30. The van der Waals surface area contributed by atoms with E-state index in [-0.39, 0.29) is 41.9 Å². The molecule has 0 bridgehead atoms. The summed E-state index contributed by atoms with van der Waals surface area (Å²) in [5.74, 6) is -0.245. The molecule has 2 aliphatic heterocycles. The van der Waals surface area contributed by atoms with Crippen LogP contribution in [0.5, 0.6) is 0 Å². The van der Waals surface area contributed by atoms with Gasteiger partial charge in [0, 0.05) is 63.8 Å². The van der Waals surface area contributed by atoms with Gasteiger partial charge in [0.25, 0.3) is 5.91 Å². The molecule has 0 spiro atoms. The first-order chi connectivity index (χ1) is 16.3. The number of hydrogen-bond acceptors (Lipinski definition) is 5. The van der Waals surface area contributed by atoms with Crippen molar-refractivity contribution >= 4 is 21.8 Å². The van der Waals surface area contributed by atoms with Crippen LogP contribution in [0.3, 0.4) is 0 Å². The summed E-state index contributed by atoms with van der Waals surface area (Å²) in [5.41, 5.74) is 1.70. The van der Waals surface area contributed by atoms with Gasteiger partial charge in [-0.05, 0) is 43.2 Å². The van der Waals surface area contributed by atoms with E-state index in [1.165, 1.54) is 28.9 Å². The quantitative estimate of drug-likeness (QED) is 0.678. The van der Waals surface area contributed by atoms with E-state index in [1.807, 2.05) is 18.2 Å².